The first-order valence-electron chi connectivity index (χ1n) is 5.76. The Morgan fingerprint density at radius 3 is 2.89 bits per heavy atom. The summed E-state index contributed by atoms with van der Waals surface area (Å²) in [5.74, 6) is 0.790. The lowest BCUT2D eigenvalue weighted by Crippen LogP contribution is -1.87. The van der Waals surface area contributed by atoms with Crippen LogP contribution in [0.25, 0.3) is 22.4 Å². The predicted molar refractivity (Wildman–Crippen MR) is 71.5 cm³/mol. The van der Waals surface area contributed by atoms with E-state index in [-0.39, 0.29) is 5.69 Å². The molecular formula is C14H10N4O. The van der Waals surface area contributed by atoms with E-state index < -0.39 is 0 Å². The van der Waals surface area contributed by atoms with Gasteiger partial charge in [0.05, 0.1) is 5.52 Å². The van der Waals surface area contributed by atoms with Crippen LogP contribution in [0.4, 0.5) is 5.88 Å². The van der Waals surface area contributed by atoms with Crippen molar-refractivity contribution < 1.29 is 4.42 Å². The molecule has 3 aromatic rings. The van der Waals surface area contributed by atoms with Crippen LogP contribution in [0.3, 0.4) is 0 Å². The van der Waals surface area contributed by atoms with Crippen LogP contribution in [0.1, 0.15) is 5.69 Å². The lowest BCUT2D eigenvalue weighted by atomic mass is 10.1. The van der Waals surface area contributed by atoms with Crippen molar-refractivity contribution in [2.75, 3.05) is 12.4 Å². The molecule has 0 unspecified atom stereocenters. The van der Waals surface area contributed by atoms with Gasteiger partial charge in [-0.15, -0.1) is 0 Å². The van der Waals surface area contributed by atoms with Crippen molar-refractivity contribution in [3.05, 3.63) is 42.2 Å². The summed E-state index contributed by atoms with van der Waals surface area (Å²) in [5, 5.41) is 12.8. The maximum Gasteiger partial charge on any atom is 0.232 e. The number of benzene rings is 1. The fraction of sp³-hybridized carbons (Fsp3) is 0.0714. The standard InChI is InChI=1S/C14H10N4O/c1-16-14-12(8-15)18-13(19-14)10-4-2-6-11-9(10)5-3-7-17-11/h2-7,16H,1H3. The molecule has 0 atom stereocenters. The molecule has 0 saturated heterocycles. The summed E-state index contributed by atoms with van der Waals surface area (Å²) < 4.78 is 5.58. The summed E-state index contributed by atoms with van der Waals surface area (Å²) in [7, 11) is 1.69. The molecule has 0 saturated carbocycles. The number of nitrogens with one attached hydrogen (secondary N) is 1. The zero-order valence-electron chi connectivity index (χ0n) is 10.2. The number of fused-ring (bicyclic) bond motifs is 1. The smallest absolute Gasteiger partial charge is 0.232 e. The molecule has 0 amide bonds. The van der Waals surface area contributed by atoms with Gasteiger partial charge in [-0.1, -0.05) is 12.1 Å². The van der Waals surface area contributed by atoms with Crippen molar-refractivity contribution in [2.45, 2.75) is 0 Å². The van der Waals surface area contributed by atoms with E-state index in [0.717, 1.165) is 16.5 Å². The normalized spacial score (nSPS) is 10.3. The highest BCUT2D eigenvalue weighted by Crippen LogP contribution is 2.30. The minimum Gasteiger partial charge on any atom is -0.419 e. The molecule has 0 aliphatic carbocycles. The van der Waals surface area contributed by atoms with Gasteiger partial charge in [-0.3, -0.25) is 4.98 Å². The Kier molecular flexibility index (Phi) is 2.62. The van der Waals surface area contributed by atoms with E-state index in [4.69, 9.17) is 9.68 Å². The molecule has 0 spiro atoms. The minimum atomic E-state index is 0.249. The fourth-order valence-electron chi connectivity index (χ4n) is 1.97. The average molecular weight is 250 g/mol. The molecule has 2 aromatic heterocycles. The van der Waals surface area contributed by atoms with Gasteiger partial charge in [-0.05, 0) is 18.2 Å². The van der Waals surface area contributed by atoms with E-state index in [9.17, 15) is 0 Å². The highest BCUT2D eigenvalue weighted by atomic mass is 16.4. The molecule has 2 heterocycles. The van der Waals surface area contributed by atoms with Crippen molar-refractivity contribution in [3.8, 4) is 17.5 Å². The lowest BCUT2D eigenvalue weighted by Gasteiger charge is -2.01. The topological polar surface area (TPSA) is 74.7 Å². The quantitative estimate of drug-likeness (QED) is 0.756. The Bertz CT molecular complexity index is 780. The van der Waals surface area contributed by atoms with E-state index in [1.807, 2.05) is 36.4 Å². The van der Waals surface area contributed by atoms with Crippen molar-refractivity contribution in [3.63, 3.8) is 0 Å². The van der Waals surface area contributed by atoms with Crippen LogP contribution in [-0.4, -0.2) is 17.0 Å². The van der Waals surface area contributed by atoms with Crippen molar-refractivity contribution in [1.82, 2.24) is 9.97 Å². The average Bonchev–Trinajstić information content (AvgIpc) is 2.89. The van der Waals surface area contributed by atoms with Crippen LogP contribution in [0.2, 0.25) is 0 Å². The number of aromatic nitrogens is 2. The van der Waals surface area contributed by atoms with Crippen molar-refractivity contribution in [1.29, 1.82) is 5.26 Å². The summed E-state index contributed by atoms with van der Waals surface area (Å²) in [6.07, 6.45) is 1.74. The van der Waals surface area contributed by atoms with E-state index in [1.54, 1.807) is 13.2 Å². The molecule has 92 valence electrons. The van der Waals surface area contributed by atoms with Crippen LogP contribution in [-0.2, 0) is 0 Å². The zero-order chi connectivity index (χ0) is 13.2. The largest absolute Gasteiger partial charge is 0.419 e. The summed E-state index contributed by atoms with van der Waals surface area (Å²) in [4.78, 5) is 8.49. The van der Waals surface area contributed by atoms with E-state index >= 15 is 0 Å². The zero-order valence-corrected chi connectivity index (χ0v) is 10.2. The van der Waals surface area contributed by atoms with Crippen LogP contribution in [0.5, 0.6) is 0 Å². The number of hydrogen-bond acceptors (Lipinski definition) is 5. The van der Waals surface area contributed by atoms with Crippen LogP contribution in [0, 0.1) is 11.3 Å². The van der Waals surface area contributed by atoms with Gasteiger partial charge < -0.3 is 9.73 Å². The summed E-state index contributed by atoms with van der Waals surface area (Å²) in [5.41, 5.74) is 1.93. The summed E-state index contributed by atoms with van der Waals surface area (Å²) in [6, 6.07) is 11.5. The Balaban J connectivity index is 2.25. The molecular weight excluding hydrogens is 240 g/mol. The number of rotatable bonds is 2. The first kappa shape index (κ1) is 11.2. The second-order valence-electron chi connectivity index (χ2n) is 3.93. The summed E-state index contributed by atoms with van der Waals surface area (Å²) >= 11 is 0. The number of hydrogen-bond donors (Lipinski definition) is 1. The molecule has 0 aliphatic rings. The van der Waals surface area contributed by atoms with Crippen molar-refractivity contribution >= 4 is 16.8 Å². The molecule has 0 bridgehead atoms. The molecule has 1 N–H and O–H groups in total. The highest BCUT2D eigenvalue weighted by Gasteiger charge is 2.15. The van der Waals surface area contributed by atoms with E-state index in [0.29, 0.717) is 11.8 Å². The monoisotopic (exact) mass is 250 g/mol. The Labute approximate surface area is 109 Å². The third-order valence-corrected chi connectivity index (χ3v) is 2.84. The van der Waals surface area contributed by atoms with Gasteiger partial charge in [0.15, 0.2) is 0 Å². The van der Waals surface area contributed by atoms with E-state index in [1.165, 1.54) is 0 Å². The van der Waals surface area contributed by atoms with Gasteiger partial charge in [0.2, 0.25) is 17.5 Å². The molecule has 5 nitrogen and oxygen atoms in total. The van der Waals surface area contributed by atoms with Crippen LogP contribution in [0.15, 0.2) is 40.9 Å². The molecule has 1 aromatic carbocycles. The predicted octanol–water partition coefficient (Wildman–Crippen LogP) is 2.80. The number of oxazole rings is 1. The van der Waals surface area contributed by atoms with Gasteiger partial charge in [0.25, 0.3) is 0 Å². The number of pyridine rings is 1. The van der Waals surface area contributed by atoms with Gasteiger partial charge in [0, 0.05) is 24.2 Å². The highest BCUT2D eigenvalue weighted by molar-refractivity contribution is 5.92. The first-order valence-corrected chi connectivity index (χ1v) is 5.76. The van der Waals surface area contributed by atoms with Crippen LogP contribution >= 0.6 is 0 Å². The molecule has 0 fully saturated rings. The SMILES string of the molecule is CNc1oc(-c2cccc3ncccc23)nc1C#N. The van der Waals surface area contributed by atoms with Crippen molar-refractivity contribution in [2.24, 2.45) is 0 Å². The number of anilines is 1. The molecule has 19 heavy (non-hydrogen) atoms. The Morgan fingerprint density at radius 1 is 1.26 bits per heavy atom. The second-order valence-corrected chi connectivity index (χ2v) is 3.93. The Morgan fingerprint density at radius 2 is 2.16 bits per heavy atom. The maximum absolute atomic E-state index is 9.00. The number of nitrogens with zero attached hydrogens (tertiary/aromatic N) is 3. The molecule has 0 radical (unpaired) electrons. The fourth-order valence-corrected chi connectivity index (χ4v) is 1.97. The molecule has 5 heteroatoms. The first-order chi connectivity index (χ1) is 9.33. The molecule has 0 aliphatic heterocycles. The van der Waals surface area contributed by atoms with Gasteiger partial charge >= 0.3 is 0 Å². The van der Waals surface area contributed by atoms with Gasteiger partial charge in [-0.2, -0.15) is 10.2 Å². The van der Waals surface area contributed by atoms with Crippen LogP contribution < -0.4 is 5.32 Å². The number of nitriles is 1. The third kappa shape index (κ3) is 1.79. The minimum absolute atomic E-state index is 0.249. The summed E-state index contributed by atoms with van der Waals surface area (Å²) in [6.45, 7) is 0. The maximum atomic E-state index is 9.00. The lowest BCUT2D eigenvalue weighted by molar-refractivity contribution is 0.590. The van der Waals surface area contributed by atoms with E-state index in [2.05, 4.69) is 15.3 Å². The Hall–Kier alpha value is -2.87. The third-order valence-electron chi connectivity index (χ3n) is 2.84. The second kappa shape index (κ2) is 4.42. The molecule has 3 rings (SSSR count). The van der Waals surface area contributed by atoms with Gasteiger partial charge in [0.1, 0.15) is 6.07 Å². The van der Waals surface area contributed by atoms with Gasteiger partial charge in [-0.25, -0.2) is 0 Å².